The normalized spacial score (nSPS) is 12.5. The second kappa shape index (κ2) is 8.39. The predicted molar refractivity (Wildman–Crippen MR) is 109 cm³/mol. The standard InChI is InChI=1S/C18H15BrN2O5S2/c19-12-4-5-15(26-13-3-1-2-11(8-13)9-16(22)23)14(10-12)17(28(20,24)25)18-21-6-7-27-18/h1-8,10,17H,9H2,(H,22,23)(H2,20,24,25). The number of nitrogens with two attached hydrogens (primary N) is 1. The summed E-state index contributed by atoms with van der Waals surface area (Å²) >= 11 is 4.52. The maximum absolute atomic E-state index is 12.3. The number of carboxylic acids is 1. The molecule has 1 heterocycles. The first-order valence-corrected chi connectivity index (χ1v) is 11.2. The number of sulfonamides is 1. The molecule has 0 bridgehead atoms. The highest BCUT2D eigenvalue weighted by molar-refractivity contribution is 9.10. The Kier molecular flexibility index (Phi) is 6.14. The van der Waals surface area contributed by atoms with E-state index in [9.17, 15) is 13.2 Å². The number of aromatic nitrogens is 1. The summed E-state index contributed by atoms with van der Waals surface area (Å²) in [5, 5.41) is 15.3. The average molecular weight is 483 g/mol. The molecule has 3 aromatic rings. The van der Waals surface area contributed by atoms with Crippen molar-refractivity contribution in [3.05, 3.63) is 74.6 Å². The van der Waals surface area contributed by atoms with E-state index in [1.807, 2.05) is 0 Å². The Bertz CT molecular complexity index is 1100. The van der Waals surface area contributed by atoms with Gasteiger partial charge in [-0.1, -0.05) is 28.1 Å². The molecule has 28 heavy (non-hydrogen) atoms. The summed E-state index contributed by atoms with van der Waals surface area (Å²) in [7, 11) is -4.03. The van der Waals surface area contributed by atoms with Crippen LogP contribution in [0.3, 0.4) is 0 Å². The molecule has 0 aliphatic rings. The van der Waals surface area contributed by atoms with Crippen LogP contribution in [0.15, 0.2) is 58.5 Å². The molecule has 3 rings (SSSR count). The van der Waals surface area contributed by atoms with Gasteiger partial charge >= 0.3 is 5.97 Å². The molecule has 0 spiro atoms. The molecule has 1 aromatic heterocycles. The third-order valence-electron chi connectivity index (χ3n) is 3.74. The zero-order valence-electron chi connectivity index (χ0n) is 14.3. The molecule has 1 atom stereocenters. The topological polar surface area (TPSA) is 120 Å². The van der Waals surface area contributed by atoms with Gasteiger partial charge < -0.3 is 9.84 Å². The number of hydrogen-bond donors (Lipinski definition) is 2. The van der Waals surface area contributed by atoms with Crippen LogP contribution in [0.4, 0.5) is 0 Å². The van der Waals surface area contributed by atoms with Crippen molar-refractivity contribution in [3.63, 3.8) is 0 Å². The van der Waals surface area contributed by atoms with E-state index in [2.05, 4.69) is 20.9 Å². The monoisotopic (exact) mass is 482 g/mol. The Morgan fingerprint density at radius 3 is 2.71 bits per heavy atom. The van der Waals surface area contributed by atoms with Crippen molar-refractivity contribution < 1.29 is 23.1 Å². The third-order valence-corrected chi connectivity index (χ3v) is 6.36. The Morgan fingerprint density at radius 1 is 1.29 bits per heavy atom. The van der Waals surface area contributed by atoms with Crippen molar-refractivity contribution in [1.82, 2.24) is 4.98 Å². The van der Waals surface area contributed by atoms with Crippen LogP contribution in [0.1, 0.15) is 21.4 Å². The highest BCUT2D eigenvalue weighted by Crippen LogP contribution is 2.39. The van der Waals surface area contributed by atoms with Crippen LogP contribution in [-0.2, 0) is 21.2 Å². The van der Waals surface area contributed by atoms with Gasteiger partial charge in [0.2, 0.25) is 10.0 Å². The van der Waals surface area contributed by atoms with Crippen LogP contribution in [0.25, 0.3) is 0 Å². The molecule has 0 saturated carbocycles. The van der Waals surface area contributed by atoms with Crippen molar-refractivity contribution in [3.8, 4) is 11.5 Å². The molecule has 0 aliphatic heterocycles. The van der Waals surface area contributed by atoms with E-state index in [0.29, 0.717) is 26.4 Å². The van der Waals surface area contributed by atoms with Crippen molar-refractivity contribution in [1.29, 1.82) is 0 Å². The lowest BCUT2D eigenvalue weighted by molar-refractivity contribution is -0.136. The number of ether oxygens (including phenoxy) is 1. The lowest BCUT2D eigenvalue weighted by atomic mass is 10.1. The highest BCUT2D eigenvalue weighted by atomic mass is 79.9. The number of nitrogens with zero attached hydrogens (tertiary/aromatic N) is 1. The number of hydrogen-bond acceptors (Lipinski definition) is 6. The second-order valence-corrected chi connectivity index (χ2v) is 9.33. The molecule has 0 aliphatic carbocycles. The Balaban J connectivity index is 2.05. The van der Waals surface area contributed by atoms with E-state index in [0.717, 1.165) is 0 Å². The fraction of sp³-hybridized carbons (Fsp3) is 0.111. The molecule has 146 valence electrons. The van der Waals surface area contributed by atoms with Gasteiger partial charge in [0.25, 0.3) is 0 Å². The quantitative estimate of drug-likeness (QED) is 0.529. The molecule has 2 aromatic carbocycles. The molecule has 0 radical (unpaired) electrons. The summed E-state index contributed by atoms with van der Waals surface area (Å²) in [4.78, 5) is 15.0. The van der Waals surface area contributed by atoms with Gasteiger partial charge in [-0.25, -0.2) is 18.5 Å². The van der Waals surface area contributed by atoms with Crippen molar-refractivity contribution in [2.45, 2.75) is 11.7 Å². The fourth-order valence-corrected chi connectivity index (χ4v) is 5.11. The number of carbonyl (C=O) groups is 1. The molecule has 0 fully saturated rings. The molecular formula is C18H15BrN2O5S2. The SMILES string of the molecule is NS(=O)(=O)C(c1nccs1)c1cc(Br)ccc1Oc1cccc(CC(=O)O)c1. The van der Waals surface area contributed by atoms with Gasteiger partial charge in [0.1, 0.15) is 16.5 Å². The Labute approximate surface area is 174 Å². The zero-order valence-corrected chi connectivity index (χ0v) is 17.5. The highest BCUT2D eigenvalue weighted by Gasteiger charge is 2.31. The van der Waals surface area contributed by atoms with E-state index in [1.165, 1.54) is 17.5 Å². The summed E-state index contributed by atoms with van der Waals surface area (Å²) < 4.78 is 31.2. The minimum Gasteiger partial charge on any atom is -0.481 e. The number of carboxylic acid groups (broad SMARTS) is 1. The molecule has 7 nitrogen and oxygen atoms in total. The number of rotatable bonds is 7. The number of benzene rings is 2. The van der Waals surface area contributed by atoms with Crippen molar-refractivity contribution in [2.75, 3.05) is 0 Å². The average Bonchev–Trinajstić information content (AvgIpc) is 3.10. The molecular weight excluding hydrogens is 468 g/mol. The summed E-state index contributed by atoms with van der Waals surface area (Å²) in [6.45, 7) is 0. The van der Waals surface area contributed by atoms with E-state index in [1.54, 1.807) is 47.8 Å². The summed E-state index contributed by atoms with van der Waals surface area (Å²) in [5.74, 6) is -0.293. The number of halogens is 1. The minimum absolute atomic E-state index is 0.149. The van der Waals surface area contributed by atoms with Crippen molar-refractivity contribution >= 4 is 43.3 Å². The Morgan fingerprint density at radius 2 is 2.07 bits per heavy atom. The van der Waals surface area contributed by atoms with Crippen LogP contribution in [0.5, 0.6) is 11.5 Å². The van der Waals surface area contributed by atoms with Gasteiger partial charge in [0.05, 0.1) is 6.42 Å². The van der Waals surface area contributed by atoms with Crippen LogP contribution in [0, 0.1) is 0 Å². The minimum atomic E-state index is -4.03. The first-order valence-electron chi connectivity index (χ1n) is 7.93. The van der Waals surface area contributed by atoms with E-state index < -0.39 is 21.2 Å². The smallest absolute Gasteiger partial charge is 0.307 e. The largest absolute Gasteiger partial charge is 0.481 e. The van der Waals surface area contributed by atoms with Gasteiger partial charge in [0, 0.05) is 21.6 Å². The summed E-state index contributed by atoms with van der Waals surface area (Å²) in [6.07, 6.45) is 1.36. The van der Waals surface area contributed by atoms with Gasteiger partial charge in [-0.05, 0) is 35.9 Å². The van der Waals surface area contributed by atoms with Crippen LogP contribution in [-0.4, -0.2) is 24.5 Å². The van der Waals surface area contributed by atoms with Gasteiger partial charge in [-0.2, -0.15) is 0 Å². The molecule has 1 unspecified atom stereocenters. The van der Waals surface area contributed by atoms with Crippen LogP contribution >= 0.6 is 27.3 Å². The molecule has 10 heteroatoms. The van der Waals surface area contributed by atoms with E-state index >= 15 is 0 Å². The van der Waals surface area contributed by atoms with E-state index in [-0.39, 0.29) is 12.2 Å². The van der Waals surface area contributed by atoms with Crippen molar-refractivity contribution in [2.24, 2.45) is 5.14 Å². The summed E-state index contributed by atoms with van der Waals surface area (Å²) in [6, 6.07) is 11.5. The zero-order chi connectivity index (χ0) is 20.3. The fourth-order valence-electron chi connectivity index (χ4n) is 2.65. The van der Waals surface area contributed by atoms with Gasteiger partial charge in [-0.15, -0.1) is 11.3 Å². The number of thiazole rings is 1. The predicted octanol–water partition coefficient (Wildman–Crippen LogP) is 3.70. The number of primary sulfonamides is 1. The van der Waals surface area contributed by atoms with Crippen LogP contribution < -0.4 is 9.88 Å². The lowest BCUT2D eigenvalue weighted by Crippen LogP contribution is -2.23. The summed E-state index contributed by atoms with van der Waals surface area (Å²) in [5.41, 5.74) is 0.891. The molecule has 0 amide bonds. The van der Waals surface area contributed by atoms with Crippen LogP contribution in [0.2, 0.25) is 0 Å². The van der Waals surface area contributed by atoms with Gasteiger partial charge in [-0.3, -0.25) is 4.79 Å². The second-order valence-electron chi connectivity index (χ2n) is 5.84. The Hall–Kier alpha value is -2.27. The first-order chi connectivity index (χ1) is 13.2. The van der Waals surface area contributed by atoms with E-state index in [4.69, 9.17) is 15.0 Å². The first kappa shape index (κ1) is 20.5. The lowest BCUT2D eigenvalue weighted by Gasteiger charge is -2.18. The molecule has 3 N–H and O–H groups in total. The number of aliphatic carboxylic acids is 1. The maximum Gasteiger partial charge on any atom is 0.307 e. The third kappa shape index (κ3) is 4.96. The van der Waals surface area contributed by atoms with Gasteiger partial charge in [0.15, 0.2) is 5.25 Å². The molecule has 0 saturated heterocycles. The maximum atomic E-state index is 12.3.